The number of hydrogen-bond donors (Lipinski definition) is 2. The van der Waals surface area contributed by atoms with Crippen LogP contribution in [0.2, 0.25) is 12.6 Å². The molecule has 0 amide bonds. The number of rotatable bonds is 2. The van der Waals surface area contributed by atoms with Gasteiger partial charge in [-0.25, -0.2) is 0 Å². The first-order valence-corrected chi connectivity index (χ1v) is 3.46. The summed E-state index contributed by atoms with van der Waals surface area (Å²) in [6.07, 6.45) is 2.22. The van der Waals surface area contributed by atoms with E-state index in [0.717, 1.165) is 25.7 Å². The molecule has 1 saturated heterocycles. The van der Waals surface area contributed by atoms with Crippen LogP contribution in [0.5, 0.6) is 0 Å². The molecule has 0 aromatic carbocycles. The molecule has 3 N–H and O–H groups in total. The van der Waals surface area contributed by atoms with Crippen LogP contribution in [0.1, 0.15) is 0 Å². The predicted molar refractivity (Wildman–Crippen MR) is 38.4 cm³/mol. The Morgan fingerprint density at radius 2 is 2.11 bits per heavy atom. The van der Waals surface area contributed by atoms with Crippen molar-refractivity contribution in [1.29, 1.82) is 0 Å². The quantitative estimate of drug-likeness (QED) is 0.389. The zero-order valence-electron chi connectivity index (χ0n) is 5.60. The number of nitrogens with one attached hydrogen (secondary N) is 1. The smallest absolute Gasteiger partial charge is 0.297 e. The average molecular weight is 128 g/mol. The van der Waals surface area contributed by atoms with E-state index >= 15 is 0 Å². The van der Waals surface area contributed by atoms with Gasteiger partial charge in [0.25, 0.3) is 6.92 Å². The minimum absolute atomic E-state index is 0.366. The predicted octanol–water partition coefficient (Wildman–Crippen LogP) is -0.486. The Balaban J connectivity index is 2.08. The maximum absolute atomic E-state index is 5.22. The van der Waals surface area contributed by atoms with Crippen molar-refractivity contribution in [2.45, 2.75) is 12.6 Å². The monoisotopic (exact) mass is 128 g/mol. The topological polar surface area (TPSA) is 47.3 Å². The van der Waals surface area contributed by atoms with Gasteiger partial charge in [0.15, 0.2) is 0 Å². The Morgan fingerprint density at radius 1 is 1.44 bits per heavy atom. The van der Waals surface area contributed by atoms with Crippen LogP contribution in [0.4, 0.5) is 0 Å². The minimum atomic E-state index is 0.366. The molecule has 3 nitrogen and oxygen atoms in total. The van der Waals surface area contributed by atoms with E-state index in [1.54, 1.807) is 0 Å². The third-order valence-electron chi connectivity index (χ3n) is 1.62. The standard InChI is InChI=1S/C5H13BN2O/c7-5-9-6-1-3-8-4-2-6/h8H,1-5,7H2. The summed E-state index contributed by atoms with van der Waals surface area (Å²) >= 11 is 0. The normalized spacial score (nSPS) is 20.3. The van der Waals surface area contributed by atoms with E-state index in [0.29, 0.717) is 13.6 Å². The van der Waals surface area contributed by atoms with E-state index in [1.165, 1.54) is 0 Å². The number of nitrogens with two attached hydrogens (primary N) is 1. The second-order valence-corrected chi connectivity index (χ2v) is 2.28. The Morgan fingerprint density at radius 3 is 2.67 bits per heavy atom. The molecule has 0 unspecified atom stereocenters. The summed E-state index contributed by atoms with van der Waals surface area (Å²) < 4.78 is 5.22. The first-order valence-electron chi connectivity index (χ1n) is 3.46. The Kier molecular flexibility index (Phi) is 3.04. The van der Waals surface area contributed by atoms with Gasteiger partial charge in [0.1, 0.15) is 0 Å². The maximum Gasteiger partial charge on any atom is 0.297 e. The van der Waals surface area contributed by atoms with Crippen LogP contribution in [-0.4, -0.2) is 26.7 Å². The fraction of sp³-hybridized carbons (Fsp3) is 1.00. The lowest BCUT2D eigenvalue weighted by atomic mass is 9.60. The molecule has 1 rings (SSSR count). The van der Waals surface area contributed by atoms with Crippen molar-refractivity contribution < 1.29 is 4.65 Å². The lowest BCUT2D eigenvalue weighted by Crippen LogP contribution is -2.35. The van der Waals surface area contributed by atoms with Crippen LogP contribution in [0, 0.1) is 0 Å². The first-order chi connectivity index (χ1) is 4.43. The summed E-state index contributed by atoms with van der Waals surface area (Å²) in [5.74, 6) is 0. The highest BCUT2D eigenvalue weighted by Gasteiger charge is 2.17. The van der Waals surface area contributed by atoms with Gasteiger partial charge < -0.3 is 15.7 Å². The number of hydrogen-bond acceptors (Lipinski definition) is 3. The zero-order chi connectivity index (χ0) is 6.53. The van der Waals surface area contributed by atoms with E-state index in [9.17, 15) is 0 Å². The van der Waals surface area contributed by atoms with Crippen LogP contribution in [0.15, 0.2) is 0 Å². The van der Waals surface area contributed by atoms with Crippen LogP contribution in [0.25, 0.3) is 0 Å². The van der Waals surface area contributed by atoms with Crippen LogP contribution < -0.4 is 11.1 Å². The van der Waals surface area contributed by atoms with Gasteiger partial charge in [-0.05, 0) is 25.7 Å². The van der Waals surface area contributed by atoms with E-state index in [4.69, 9.17) is 10.4 Å². The molecule has 4 heteroatoms. The molecule has 0 bridgehead atoms. The van der Waals surface area contributed by atoms with Crippen molar-refractivity contribution >= 4 is 6.92 Å². The fourth-order valence-electron chi connectivity index (χ4n) is 1.10. The van der Waals surface area contributed by atoms with Crippen LogP contribution in [0.3, 0.4) is 0 Å². The van der Waals surface area contributed by atoms with E-state index in [2.05, 4.69) is 5.32 Å². The van der Waals surface area contributed by atoms with E-state index in [-0.39, 0.29) is 0 Å². The fourth-order valence-corrected chi connectivity index (χ4v) is 1.10. The van der Waals surface area contributed by atoms with Gasteiger partial charge in [-0.15, -0.1) is 0 Å². The van der Waals surface area contributed by atoms with E-state index < -0.39 is 0 Å². The SMILES string of the molecule is NCOB1CCNCC1. The van der Waals surface area contributed by atoms with Gasteiger partial charge in [0.05, 0.1) is 6.73 Å². The Labute approximate surface area is 56.1 Å². The lowest BCUT2D eigenvalue weighted by molar-refractivity contribution is 0.325. The van der Waals surface area contributed by atoms with Gasteiger partial charge in [-0.2, -0.15) is 0 Å². The molecule has 0 saturated carbocycles. The summed E-state index contributed by atoms with van der Waals surface area (Å²) in [4.78, 5) is 0. The summed E-state index contributed by atoms with van der Waals surface area (Å²) in [7, 11) is 0. The Bertz CT molecular complexity index is 72.6. The van der Waals surface area contributed by atoms with Crippen molar-refractivity contribution in [3.8, 4) is 0 Å². The van der Waals surface area contributed by atoms with Gasteiger partial charge in [-0.3, -0.25) is 0 Å². The molecular weight excluding hydrogens is 115 g/mol. The van der Waals surface area contributed by atoms with Gasteiger partial charge in [0.2, 0.25) is 0 Å². The summed E-state index contributed by atoms with van der Waals surface area (Å²) in [5.41, 5.74) is 5.22. The Hall–Kier alpha value is -0.0551. The van der Waals surface area contributed by atoms with Gasteiger partial charge in [-0.1, -0.05) is 0 Å². The molecule has 0 spiro atoms. The van der Waals surface area contributed by atoms with Crippen molar-refractivity contribution in [3.63, 3.8) is 0 Å². The first kappa shape index (κ1) is 7.06. The molecule has 1 fully saturated rings. The molecule has 0 aromatic heterocycles. The van der Waals surface area contributed by atoms with Gasteiger partial charge in [0, 0.05) is 0 Å². The van der Waals surface area contributed by atoms with Crippen molar-refractivity contribution in [2.75, 3.05) is 19.8 Å². The molecule has 0 aliphatic carbocycles. The summed E-state index contributed by atoms with van der Waals surface area (Å²) in [6.45, 7) is 2.93. The molecule has 0 aromatic rings. The highest BCUT2D eigenvalue weighted by Crippen LogP contribution is 2.03. The minimum Gasteiger partial charge on any atom is -0.424 e. The highest BCUT2D eigenvalue weighted by molar-refractivity contribution is 6.52. The second-order valence-electron chi connectivity index (χ2n) is 2.28. The largest absolute Gasteiger partial charge is 0.424 e. The van der Waals surface area contributed by atoms with Crippen molar-refractivity contribution in [2.24, 2.45) is 5.73 Å². The molecule has 0 radical (unpaired) electrons. The second kappa shape index (κ2) is 3.87. The molecule has 1 aliphatic rings. The average Bonchev–Trinajstić information content (AvgIpc) is 1.91. The highest BCUT2D eigenvalue weighted by atomic mass is 16.4. The molecule has 9 heavy (non-hydrogen) atoms. The van der Waals surface area contributed by atoms with E-state index in [1.807, 2.05) is 0 Å². The molecule has 1 aliphatic heterocycles. The van der Waals surface area contributed by atoms with Crippen molar-refractivity contribution in [3.05, 3.63) is 0 Å². The zero-order valence-corrected chi connectivity index (χ0v) is 5.60. The maximum atomic E-state index is 5.22. The summed E-state index contributed by atoms with van der Waals surface area (Å²) in [6, 6.07) is 0. The van der Waals surface area contributed by atoms with Crippen LogP contribution in [-0.2, 0) is 4.65 Å². The lowest BCUT2D eigenvalue weighted by Gasteiger charge is -2.18. The molecule has 1 heterocycles. The van der Waals surface area contributed by atoms with Gasteiger partial charge >= 0.3 is 0 Å². The molecule has 52 valence electrons. The third-order valence-corrected chi connectivity index (χ3v) is 1.62. The summed E-state index contributed by atoms with van der Waals surface area (Å²) in [5, 5.41) is 3.25. The molecular formula is C5H13BN2O. The van der Waals surface area contributed by atoms with Crippen molar-refractivity contribution in [1.82, 2.24) is 5.32 Å². The van der Waals surface area contributed by atoms with Crippen LogP contribution >= 0.6 is 0 Å². The third kappa shape index (κ3) is 2.34. The molecule has 0 atom stereocenters.